The Kier molecular flexibility index (Phi) is 5.77. The van der Waals surface area contributed by atoms with E-state index >= 15 is 0 Å². The molecule has 2 heterocycles. The van der Waals surface area contributed by atoms with Crippen LogP contribution in [0.3, 0.4) is 0 Å². The van der Waals surface area contributed by atoms with Crippen molar-refractivity contribution in [1.29, 1.82) is 0 Å². The van der Waals surface area contributed by atoms with Gasteiger partial charge >= 0.3 is 5.63 Å². The van der Waals surface area contributed by atoms with Crippen LogP contribution in [0.15, 0.2) is 51.7 Å². The van der Waals surface area contributed by atoms with Crippen LogP contribution in [0.5, 0.6) is 5.75 Å². The molecule has 2 aromatic carbocycles. The van der Waals surface area contributed by atoms with Crippen LogP contribution in [0, 0.1) is 13.0 Å². The molecule has 1 aliphatic rings. The van der Waals surface area contributed by atoms with Crippen LogP contribution in [0.1, 0.15) is 42.4 Å². The maximum absolute atomic E-state index is 12.4. The van der Waals surface area contributed by atoms with Gasteiger partial charge < -0.3 is 14.5 Å². The first-order chi connectivity index (χ1) is 13.7. The van der Waals surface area contributed by atoms with E-state index in [2.05, 4.69) is 11.4 Å². The Bertz CT molecular complexity index is 1000. The summed E-state index contributed by atoms with van der Waals surface area (Å²) in [4.78, 5) is 12.4. The third kappa shape index (κ3) is 4.45. The van der Waals surface area contributed by atoms with Crippen molar-refractivity contribution >= 4 is 11.0 Å². The Morgan fingerprint density at radius 2 is 2.14 bits per heavy atom. The second kappa shape index (κ2) is 8.61. The second-order valence-corrected chi connectivity index (χ2v) is 7.59. The number of nitrogens with one attached hydrogen (secondary N) is 1. The van der Waals surface area contributed by atoms with E-state index in [4.69, 9.17) is 9.15 Å². The molecule has 1 aliphatic heterocycles. The van der Waals surface area contributed by atoms with Gasteiger partial charge in [-0.05, 0) is 68.6 Å². The minimum atomic E-state index is -0.290. The van der Waals surface area contributed by atoms with Crippen molar-refractivity contribution in [3.8, 4) is 5.75 Å². The first-order valence-corrected chi connectivity index (χ1v) is 10.1. The van der Waals surface area contributed by atoms with Gasteiger partial charge in [0, 0.05) is 23.4 Å². The van der Waals surface area contributed by atoms with Crippen molar-refractivity contribution in [3.63, 3.8) is 0 Å². The molecule has 1 saturated heterocycles. The fourth-order valence-electron chi connectivity index (χ4n) is 3.82. The van der Waals surface area contributed by atoms with Crippen LogP contribution in [-0.2, 0) is 6.42 Å². The highest BCUT2D eigenvalue weighted by Gasteiger charge is 2.14. The molecule has 4 heteroatoms. The molecule has 1 fully saturated rings. The van der Waals surface area contributed by atoms with E-state index < -0.39 is 0 Å². The van der Waals surface area contributed by atoms with E-state index in [9.17, 15) is 4.79 Å². The molecule has 28 heavy (non-hydrogen) atoms. The highest BCUT2D eigenvalue weighted by atomic mass is 16.5. The zero-order valence-corrected chi connectivity index (χ0v) is 16.3. The zero-order chi connectivity index (χ0) is 19.3. The van der Waals surface area contributed by atoms with Crippen LogP contribution in [0.4, 0.5) is 0 Å². The number of rotatable bonds is 6. The van der Waals surface area contributed by atoms with Crippen LogP contribution < -0.4 is 15.7 Å². The largest absolute Gasteiger partial charge is 0.493 e. The third-order valence-corrected chi connectivity index (χ3v) is 5.39. The lowest BCUT2D eigenvalue weighted by Gasteiger charge is -2.23. The Balaban J connectivity index is 1.49. The maximum Gasteiger partial charge on any atom is 0.339 e. The molecule has 1 atom stereocenters. The average Bonchev–Trinajstić information content (AvgIpc) is 2.71. The summed E-state index contributed by atoms with van der Waals surface area (Å²) >= 11 is 0. The number of hydrogen-bond acceptors (Lipinski definition) is 4. The van der Waals surface area contributed by atoms with Crippen LogP contribution in [0.25, 0.3) is 11.0 Å². The summed E-state index contributed by atoms with van der Waals surface area (Å²) in [6, 6.07) is 17.1. The van der Waals surface area contributed by atoms with Gasteiger partial charge in [-0.15, -0.1) is 0 Å². The molecular weight excluding hydrogens is 350 g/mol. The number of aryl methyl sites for hydroxylation is 1. The van der Waals surface area contributed by atoms with E-state index in [0.29, 0.717) is 30.2 Å². The van der Waals surface area contributed by atoms with Crippen LogP contribution in [-0.4, -0.2) is 19.2 Å². The molecular formula is C24H26NO3. The van der Waals surface area contributed by atoms with Gasteiger partial charge in [0.15, 0.2) is 0 Å². The van der Waals surface area contributed by atoms with E-state index in [1.54, 1.807) is 0 Å². The molecule has 0 amide bonds. The quantitative estimate of drug-likeness (QED) is 0.648. The highest BCUT2D eigenvalue weighted by molar-refractivity contribution is 5.77. The van der Waals surface area contributed by atoms with Crippen LogP contribution in [0.2, 0.25) is 0 Å². The maximum atomic E-state index is 12.4. The van der Waals surface area contributed by atoms with E-state index in [1.807, 2.05) is 49.4 Å². The van der Waals surface area contributed by atoms with Gasteiger partial charge in [0.05, 0.1) is 6.61 Å². The van der Waals surface area contributed by atoms with Crippen molar-refractivity contribution in [2.75, 3.05) is 13.2 Å². The number of piperidine rings is 1. The summed E-state index contributed by atoms with van der Waals surface area (Å²) in [5.74, 6) is 0.794. The molecule has 0 bridgehead atoms. The molecule has 145 valence electrons. The molecule has 0 saturated carbocycles. The number of ether oxygens (including phenoxy) is 1. The van der Waals surface area contributed by atoms with E-state index in [-0.39, 0.29) is 5.63 Å². The van der Waals surface area contributed by atoms with Crippen molar-refractivity contribution in [3.05, 3.63) is 75.6 Å². The minimum absolute atomic E-state index is 0.290. The van der Waals surface area contributed by atoms with Crippen molar-refractivity contribution in [2.24, 2.45) is 0 Å². The minimum Gasteiger partial charge on any atom is -0.493 e. The zero-order valence-electron chi connectivity index (χ0n) is 16.3. The molecule has 3 aromatic rings. The molecule has 1 aromatic heterocycles. The fraction of sp³-hybridized carbons (Fsp3) is 0.375. The molecule has 1 unspecified atom stereocenters. The second-order valence-electron chi connectivity index (χ2n) is 7.59. The number of hydrogen-bond donors (Lipinski definition) is 1. The number of fused-ring (bicyclic) bond motifs is 1. The third-order valence-electron chi connectivity index (χ3n) is 5.39. The summed E-state index contributed by atoms with van der Waals surface area (Å²) in [7, 11) is 0. The lowest BCUT2D eigenvalue weighted by molar-refractivity contribution is 0.266. The van der Waals surface area contributed by atoms with Gasteiger partial charge in [-0.1, -0.05) is 30.2 Å². The summed E-state index contributed by atoms with van der Waals surface area (Å²) in [6.45, 7) is 3.80. The molecule has 1 radical (unpaired) electrons. The summed E-state index contributed by atoms with van der Waals surface area (Å²) in [5, 5.41) is 4.49. The van der Waals surface area contributed by atoms with Gasteiger partial charge in [-0.3, -0.25) is 0 Å². The van der Waals surface area contributed by atoms with Crippen molar-refractivity contribution in [2.45, 2.75) is 45.1 Å². The predicted octanol–water partition coefficient (Wildman–Crippen LogP) is 4.40. The van der Waals surface area contributed by atoms with Gasteiger partial charge in [-0.2, -0.15) is 0 Å². The molecule has 1 N–H and O–H groups in total. The first kappa shape index (κ1) is 18.8. The van der Waals surface area contributed by atoms with Gasteiger partial charge in [0.1, 0.15) is 11.3 Å². The molecule has 0 aliphatic carbocycles. The molecule has 0 spiro atoms. The summed E-state index contributed by atoms with van der Waals surface area (Å²) < 4.78 is 11.6. The van der Waals surface area contributed by atoms with Crippen molar-refractivity contribution < 1.29 is 9.15 Å². The van der Waals surface area contributed by atoms with E-state index in [1.165, 1.54) is 19.3 Å². The summed E-state index contributed by atoms with van der Waals surface area (Å²) in [6.07, 6.45) is 5.25. The van der Waals surface area contributed by atoms with Gasteiger partial charge in [0.25, 0.3) is 0 Å². The SMILES string of the molecule is Cc1ccc2oc(=O)c(Cc3cc[c]cc3OCCC3CCCCN3)cc2c1. The fourth-order valence-corrected chi connectivity index (χ4v) is 3.82. The molecule has 4 rings (SSSR count). The first-order valence-electron chi connectivity index (χ1n) is 10.1. The molecule has 4 nitrogen and oxygen atoms in total. The monoisotopic (exact) mass is 376 g/mol. The number of benzene rings is 2. The predicted molar refractivity (Wildman–Crippen MR) is 111 cm³/mol. The Hall–Kier alpha value is -2.59. The van der Waals surface area contributed by atoms with E-state index in [0.717, 1.165) is 35.2 Å². The smallest absolute Gasteiger partial charge is 0.339 e. The van der Waals surface area contributed by atoms with Crippen molar-refractivity contribution in [1.82, 2.24) is 5.32 Å². The Morgan fingerprint density at radius 3 is 3.00 bits per heavy atom. The average molecular weight is 376 g/mol. The van der Waals surface area contributed by atoms with Gasteiger partial charge in [0.2, 0.25) is 0 Å². The highest BCUT2D eigenvalue weighted by Crippen LogP contribution is 2.23. The Labute approximate surface area is 165 Å². The topological polar surface area (TPSA) is 51.5 Å². The normalized spacial score (nSPS) is 17.0. The van der Waals surface area contributed by atoms with Gasteiger partial charge in [-0.25, -0.2) is 4.79 Å². The standard InChI is InChI=1S/C24H26NO3/c1-17-9-10-23-19(14-17)16-20(24(26)28-23)15-18-6-2-3-8-22(18)27-13-11-21-7-4-5-12-25-21/h2,6,8-10,14,16,21,25H,4-5,7,11-13,15H2,1H3. The lowest BCUT2D eigenvalue weighted by atomic mass is 10.0. The van der Waals surface area contributed by atoms with Crippen LogP contribution >= 0.6 is 0 Å². The lowest BCUT2D eigenvalue weighted by Crippen LogP contribution is -2.35. The Morgan fingerprint density at radius 1 is 1.21 bits per heavy atom. The summed E-state index contributed by atoms with van der Waals surface area (Å²) in [5.41, 5.74) is 3.10.